The molecule has 7 rings (SSSR count). The standard InChI is InChI=1S/C35H55N3O4/c1-22-8-13-35(41-21-22)23(2)32-29(42-35)19-28-26-7-6-24-18-25(9-11-33(24,3)27(26)10-12-34(28,32)4)36-30(39)20-31(40)38-16-14-37(5)15-17-38/h6,22-23,25-29,32H,7-21H2,1-5H3,(H,36,39)/t22-,23+,25+,26-,27+,28+,29+,32+,33+,34+,35-/m1/s1. The SMILES string of the molecule is C[C@@H]1CC[C@@]2(OC1)O[C@H]1C[C@H]3[C@@H]4CC=C5C[C@@H](NC(=O)CC(=O)N6CCN(C)CC6)CC[C@]5(C)[C@H]4CC[C@]3(C)[C@H]1[C@@H]2C. The van der Waals surface area contributed by atoms with E-state index in [1.54, 1.807) is 5.57 Å². The van der Waals surface area contributed by atoms with Crippen LogP contribution in [0.25, 0.3) is 0 Å². The van der Waals surface area contributed by atoms with E-state index in [1.165, 1.54) is 32.1 Å². The van der Waals surface area contributed by atoms with Crippen molar-refractivity contribution in [3.8, 4) is 0 Å². The fourth-order valence-electron chi connectivity index (χ4n) is 11.4. The molecule has 234 valence electrons. The zero-order valence-electron chi connectivity index (χ0n) is 26.8. The van der Waals surface area contributed by atoms with E-state index in [2.05, 4.69) is 51.0 Å². The largest absolute Gasteiger partial charge is 0.353 e. The number of allylic oxidation sites excluding steroid dienone is 1. The average molecular weight is 582 g/mol. The van der Waals surface area contributed by atoms with E-state index in [-0.39, 0.29) is 35.5 Å². The highest BCUT2D eigenvalue weighted by molar-refractivity contribution is 5.97. The Morgan fingerprint density at radius 1 is 1.02 bits per heavy atom. The number of likely N-dealkylation sites (N-methyl/N-ethyl adjacent to an activating group) is 1. The molecule has 1 N–H and O–H groups in total. The highest BCUT2D eigenvalue weighted by atomic mass is 16.7. The second-order valence-electron chi connectivity index (χ2n) is 16.1. The summed E-state index contributed by atoms with van der Waals surface area (Å²) >= 11 is 0. The summed E-state index contributed by atoms with van der Waals surface area (Å²) in [4.78, 5) is 29.7. The van der Waals surface area contributed by atoms with E-state index in [0.717, 1.165) is 76.2 Å². The third kappa shape index (κ3) is 4.62. The van der Waals surface area contributed by atoms with Crippen LogP contribution in [0, 0.1) is 46.3 Å². The zero-order valence-corrected chi connectivity index (χ0v) is 26.8. The van der Waals surface area contributed by atoms with Crippen LogP contribution in [0.2, 0.25) is 0 Å². The lowest BCUT2D eigenvalue weighted by Gasteiger charge is -2.58. The Kier molecular flexibility index (Phi) is 7.38. The average Bonchev–Trinajstić information content (AvgIpc) is 3.40. The molecule has 0 aromatic carbocycles. The Bertz CT molecular complexity index is 1110. The first kappa shape index (κ1) is 29.3. The van der Waals surface area contributed by atoms with Gasteiger partial charge in [-0.15, -0.1) is 0 Å². The van der Waals surface area contributed by atoms with E-state index in [0.29, 0.717) is 29.3 Å². The molecule has 0 aromatic rings. The Hall–Kier alpha value is -1.44. The summed E-state index contributed by atoms with van der Waals surface area (Å²) in [5, 5.41) is 3.26. The minimum absolute atomic E-state index is 0.0182. The van der Waals surface area contributed by atoms with Crippen LogP contribution in [-0.4, -0.2) is 79.4 Å². The van der Waals surface area contributed by atoms with Gasteiger partial charge in [0.05, 0.1) is 12.7 Å². The van der Waals surface area contributed by atoms with E-state index >= 15 is 0 Å². The van der Waals surface area contributed by atoms with Gasteiger partial charge < -0.3 is 24.6 Å². The number of carbonyl (C=O) groups is 2. The summed E-state index contributed by atoms with van der Waals surface area (Å²) in [6.45, 7) is 13.9. The molecule has 42 heavy (non-hydrogen) atoms. The third-order valence-corrected chi connectivity index (χ3v) is 13.9. The molecule has 7 nitrogen and oxygen atoms in total. The maximum atomic E-state index is 12.9. The quantitative estimate of drug-likeness (QED) is 0.375. The Balaban J connectivity index is 0.995. The molecule has 3 saturated carbocycles. The van der Waals surface area contributed by atoms with Gasteiger partial charge in [0.15, 0.2) is 5.79 Å². The predicted molar refractivity (Wildman–Crippen MR) is 162 cm³/mol. The smallest absolute Gasteiger partial charge is 0.232 e. The molecular formula is C35H55N3O4. The molecule has 0 aromatic heterocycles. The Labute approximate surface area is 253 Å². The summed E-state index contributed by atoms with van der Waals surface area (Å²) in [5.41, 5.74) is 2.14. The second kappa shape index (κ2) is 10.6. The molecule has 3 saturated heterocycles. The van der Waals surface area contributed by atoms with Gasteiger partial charge in [0.1, 0.15) is 6.42 Å². The normalized spacial score (nSPS) is 48.6. The monoisotopic (exact) mass is 581 g/mol. The van der Waals surface area contributed by atoms with Crippen molar-refractivity contribution in [1.29, 1.82) is 0 Å². The van der Waals surface area contributed by atoms with Gasteiger partial charge >= 0.3 is 0 Å². The van der Waals surface area contributed by atoms with Crippen molar-refractivity contribution < 1.29 is 19.1 Å². The van der Waals surface area contributed by atoms with Crippen molar-refractivity contribution in [2.24, 2.45) is 46.3 Å². The second-order valence-corrected chi connectivity index (χ2v) is 16.1. The number of carbonyl (C=O) groups excluding carboxylic acids is 2. The fraction of sp³-hybridized carbons (Fsp3) is 0.886. The molecule has 0 radical (unpaired) electrons. The number of piperazine rings is 1. The van der Waals surface area contributed by atoms with Crippen molar-refractivity contribution >= 4 is 11.8 Å². The molecule has 7 heteroatoms. The minimum atomic E-state index is -0.337. The molecule has 3 heterocycles. The molecule has 4 aliphatic carbocycles. The highest BCUT2D eigenvalue weighted by Gasteiger charge is 2.68. The van der Waals surface area contributed by atoms with E-state index in [4.69, 9.17) is 9.47 Å². The number of hydrogen-bond acceptors (Lipinski definition) is 5. The molecular weight excluding hydrogens is 526 g/mol. The number of rotatable bonds is 3. The van der Waals surface area contributed by atoms with Crippen molar-refractivity contribution in [3.63, 3.8) is 0 Å². The van der Waals surface area contributed by atoms with Crippen LogP contribution in [0.1, 0.15) is 91.9 Å². The van der Waals surface area contributed by atoms with Crippen molar-refractivity contribution in [2.75, 3.05) is 39.8 Å². The van der Waals surface area contributed by atoms with Gasteiger partial charge in [-0.2, -0.15) is 0 Å². The maximum absolute atomic E-state index is 12.9. The molecule has 2 amide bonds. The number of fused-ring (bicyclic) bond motifs is 7. The molecule has 11 atom stereocenters. The molecule has 0 unspecified atom stereocenters. The van der Waals surface area contributed by atoms with Gasteiger partial charge in [-0.25, -0.2) is 0 Å². The van der Waals surface area contributed by atoms with Crippen LogP contribution in [0.5, 0.6) is 0 Å². The molecule has 6 fully saturated rings. The van der Waals surface area contributed by atoms with Gasteiger partial charge in [0.2, 0.25) is 11.8 Å². The van der Waals surface area contributed by atoms with Gasteiger partial charge in [0.25, 0.3) is 0 Å². The van der Waals surface area contributed by atoms with Crippen LogP contribution in [0.4, 0.5) is 0 Å². The van der Waals surface area contributed by atoms with Crippen molar-refractivity contribution in [3.05, 3.63) is 11.6 Å². The predicted octanol–water partition coefficient (Wildman–Crippen LogP) is 5.00. The lowest BCUT2D eigenvalue weighted by Crippen LogP contribution is -2.53. The number of amides is 2. The first-order valence-corrected chi connectivity index (χ1v) is 17.3. The highest BCUT2D eigenvalue weighted by Crippen LogP contribution is 2.70. The Morgan fingerprint density at radius 2 is 1.81 bits per heavy atom. The maximum Gasteiger partial charge on any atom is 0.232 e. The van der Waals surface area contributed by atoms with Gasteiger partial charge in [-0.3, -0.25) is 9.59 Å². The minimum Gasteiger partial charge on any atom is -0.353 e. The number of nitrogens with zero attached hydrogens (tertiary/aromatic N) is 2. The molecule has 0 bridgehead atoms. The number of hydrogen-bond donors (Lipinski definition) is 1. The van der Waals surface area contributed by atoms with Crippen molar-refractivity contribution in [2.45, 2.75) is 110 Å². The third-order valence-electron chi connectivity index (χ3n) is 13.9. The zero-order chi connectivity index (χ0) is 29.4. The Morgan fingerprint density at radius 3 is 2.55 bits per heavy atom. The van der Waals surface area contributed by atoms with E-state index in [9.17, 15) is 9.59 Å². The van der Waals surface area contributed by atoms with Crippen LogP contribution in [0.15, 0.2) is 11.6 Å². The number of nitrogens with one attached hydrogen (secondary N) is 1. The summed E-state index contributed by atoms with van der Waals surface area (Å²) in [6.07, 6.45) is 13.3. The number of ether oxygens (including phenoxy) is 2. The van der Waals surface area contributed by atoms with E-state index in [1.807, 2.05) is 4.90 Å². The van der Waals surface area contributed by atoms with Crippen LogP contribution < -0.4 is 5.32 Å². The van der Waals surface area contributed by atoms with Crippen LogP contribution >= 0.6 is 0 Å². The van der Waals surface area contributed by atoms with Gasteiger partial charge in [-0.05, 0) is 98.8 Å². The van der Waals surface area contributed by atoms with Gasteiger partial charge in [0, 0.05) is 44.6 Å². The first-order chi connectivity index (χ1) is 20.0. The summed E-state index contributed by atoms with van der Waals surface area (Å²) < 4.78 is 13.5. The molecule has 3 aliphatic heterocycles. The summed E-state index contributed by atoms with van der Waals surface area (Å²) in [5.74, 6) is 3.43. The van der Waals surface area contributed by atoms with Crippen LogP contribution in [0.3, 0.4) is 0 Å². The van der Waals surface area contributed by atoms with E-state index < -0.39 is 0 Å². The molecule has 7 aliphatic rings. The fourth-order valence-corrected chi connectivity index (χ4v) is 11.4. The topological polar surface area (TPSA) is 71.1 Å². The summed E-state index contributed by atoms with van der Waals surface area (Å²) in [7, 11) is 2.08. The lowest BCUT2D eigenvalue weighted by molar-refractivity contribution is -0.272. The lowest BCUT2D eigenvalue weighted by atomic mass is 9.46. The first-order valence-electron chi connectivity index (χ1n) is 17.3. The van der Waals surface area contributed by atoms with Gasteiger partial charge in [-0.1, -0.05) is 39.3 Å². The molecule has 1 spiro atoms. The van der Waals surface area contributed by atoms with Crippen molar-refractivity contribution in [1.82, 2.24) is 15.1 Å². The summed E-state index contributed by atoms with van der Waals surface area (Å²) in [6, 6.07) is 0.150. The van der Waals surface area contributed by atoms with Crippen LogP contribution in [-0.2, 0) is 19.1 Å².